The Kier molecular flexibility index (Phi) is 19.8. The lowest BCUT2D eigenvalue weighted by atomic mass is 10.2. The normalized spacial score (nSPS) is 9.86. The number of hydrogen-bond donors (Lipinski definition) is 0. The van der Waals surface area contributed by atoms with Gasteiger partial charge < -0.3 is 4.90 Å². The van der Waals surface area contributed by atoms with E-state index in [-0.39, 0.29) is 0 Å². The molecule has 0 rings (SSSR count). The molecule has 0 aromatic carbocycles. The highest BCUT2D eigenvalue weighted by Gasteiger charge is 1.88. The molecular weight excluding hydrogens is 261 g/mol. The fourth-order valence-electron chi connectivity index (χ4n) is 0.905. The summed E-state index contributed by atoms with van der Waals surface area (Å²) in [7, 11) is 4.26. The molecule has 14 heavy (non-hydrogen) atoms. The predicted molar refractivity (Wildman–Crippen MR) is 71.8 cm³/mol. The summed E-state index contributed by atoms with van der Waals surface area (Å²) in [6.07, 6.45) is 6.57. The van der Waals surface area contributed by atoms with Crippen LogP contribution in [0.5, 0.6) is 0 Å². The van der Waals surface area contributed by atoms with Crippen molar-refractivity contribution < 1.29 is 0 Å². The van der Waals surface area contributed by atoms with Crippen LogP contribution in [0.3, 0.4) is 0 Å². The zero-order valence-corrected chi connectivity index (χ0v) is 12.2. The predicted octanol–water partition coefficient (Wildman–Crippen LogP) is 4.14. The third kappa shape index (κ3) is 23.0. The van der Waals surface area contributed by atoms with Crippen LogP contribution in [-0.2, 0) is 0 Å². The Hall–Kier alpha value is 0.730. The molecule has 0 bridgehead atoms. The first kappa shape index (κ1) is 17.1. The minimum atomic E-state index is 0.769. The van der Waals surface area contributed by atoms with Crippen molar-refractivity contribution in [2.24, 2.45) is 0 Å². The highest BCUT2D eigenvalue weighted by molar-refractivity contribution is 9.09. The van der Waals surface area contributed by atoms with Gasteiger partial charge in [-0.25, -0.2) is 0 Å². The van der Waals surface area contributed by atoms with Gasteiger partial charge in [0.25, 0.3) is 0 Å². The lowest BCUT2D eigenvalue weighted by Crippen LogP contribution is -2.12. The lowest BCUT2D eigenvalue weighted by Gasteiger charge is -2.07. The van der Waals surface area contributed by atoms with Crippen molar-refractivity contribution in [3.8, 4) is 0 Å². The van der Waals surface area contributed by atoms with Crippen molar-refractivity contribution in [1.82, 2.24) is 4.90 Å². The SMILES string of the molecule is CCCCCCN(C)C.ClCCCBr. The molecule has 3 heteroatoms. The maximum atomic E-state index is 5.27. The molecule has 0 aliphatic heterocycles. The second-order valence-electron chi connectivity index (χ2n) is 3.60. The quantitative estimate of drug-likeness (QED) is 0.502. The lowest BCUT2D eigenvalue weighted by molar-refractivity contribution is 0.391. The fraction of sp³-hybridized carbons (Fsp3) is 1.00. The van der Waals surface area contributed by atoms with E-state index < -0.39 is 0 Å². The van der Waals surface area contributed by atoms with Crippen LogP contribution in [0, 0.1) is 0 Å². The summed E-state index contributed by atoms with van der Waals surface area (Å²) in [5.74, 6) is 0.769. The van der Waals surface area contributed by atoms with Gasteiger partial charge in [0.15, 0.2) is 0 Å². The van der Waals surface area contributed by atoms with Crippen LogP contribution in [0.25, 0.3) is 0 Å². The number of alkyl halides is 2. The van der Waals surface area contributed by atoms with Gasteiger partial charge in [0.1, 0.15) is 0 Å². The van der Waals surface area contributed by atoms with E-state index in [1.54, 1.807) is 0 Å². The van der Waals surface area contributed by atoms with Gasteiger partial charge in [-0.1, -0.05) is 42.1 Å². The summed E-state index contributed by atoms with van der Waals surface area (Å²) in [6, 6.07) is 0. The first-order chi connectivity index (χ1) is 6.68. The van der Waals surface area contributed by atoms with Gasteiger partial charge in [0.2, 0.25) is 0 Å². The maximum Gasteiger partial charge on any atom is 0.0231 e. The molecule has 0 heterocycles. The first-order valence-electron chi connectivity index (χ1n) is 5.45. The summed E-state index contributed by atoms with van der Waals surface area (Å²) in [5.41, 5.74) is 0. The van der Waals surface area contributed by atoms with Gasteiger partial charge in [-0.15, -0.1) is 11.6 Å². The van der Waals surface area contributed by atoms with Gasteiger partial charge in [-0.2, -0.15) is 0 Å². The third-order valence-corrected chi connectivity index (χ3v) is 2.55. The molecule has 0 amide bonds. The summed E-state index contributed by atoms with van der Waals surface area (Å²) in [4.78, 5) is 2.25. The molecule has 0 saturated heterocycles. The van der Waals surface area contributed by atoms with Gasteiger partial charge in [-0.05, 0) is 33.5 Å². The van der Waals surface area contributed by atoms with Gasteiger partial charge in [-0.3, -0.25) is 0 Å². The number of unbranched alkanes of at least 4 members (excludes halogenated alkanes) is 3. The number of halogens is 2. The van der Waals surface area contributed by atoms with Crippen molar-refractivity contribution in [2.75, 3.05) is 31.9 Å². The standard InChI is InChI=1S/C8H19N.C3H6BrCl/c1-4-5-6-7-8-9(2)3;4-2-1-3-5/h4-8H2,1-3H3;1-3H2. The molecule has 0 aliphatic rings. The van der Waals surface area contributed by atoms with Crippen molar-refractivity contribution >= 4 is 27.5 Å². The Balaban J connectivity index is 0. The number of rotatable bonds is 7. The summed E-state index contributed by atoms with van der Waals surface area (Å²) in [5, 5.41) is 1.02. The zero-order chi connectivity index (χ0) is 11.2. The third-order valence-electron chi connectivity index (χ3n) is 1.73. The molecule has 0 saturated carbocycles. The highest BCUT2D eigenvalue weighted by atomic mass is 79.9. The molecule has 1 nitrogen and oxygen atoms in total. The average Bonchev–Trinajstić information content (AvgIpc) is 2.15. The zero-order valence-electron chi connectivity index (χ0n) is 9.86. The van der Waals surface area contributed by atoms with Crippen molar-refractivity contribution in [3.63, 3.8) is 0 Å². The van der Waals surface area contributed by atoms with Gasteiger partial charge >= 0.3 is 0 Å². The Morgan fingerprint density at radius 1 is 1.07 bits per heavy atom. The Morgan fingerprint density at radius 3 is 2.00 bits per heavy atom. The molecule has 88 valence electrons. The molecule has 0 unspecified atom stereocenters. The smallest absolute Gasteiger partial charge is 0.0231 e. The summed E-state index contributed by atoms with van der Waals surface area (Å²) in [6.45, 7) is 3.50. The minimum absolute atomic E-state index is 0.769. The maximum absolute atomic E-state index is 5.27. The monoisotopic (exact) mass is 285 g/mol. The van der Waals surface area contributed by atoms with Crippen LogP contribution in [0.4, 0.5) is 0 Å². The van der Waals surface area contributed by atoms with Gasteiger partial charge in [0.05, 0.1) is 0 Å². The number of hydrogen-bond acceptors (Lipinski definition) is 1. The van der Waals surface area contributed by atoms with E-state index in [4.69, 9.17) is 11.6 Å². The van der Waals surface area contributed by atoms with E-state index in [2.05, 4.69) is 41.8 Å². The molecule has 0 aromatic rings. The van der Waals surface area contributed by atoms with Crippen LogP contribution >= 0.6 is 27.5 Å². The van der Waals surface area contributed by atoms with E-state index >= 15 is 0 Å². The van der Waals surface area contributed by atoms with Crippen LogP contribution in [0.15, 0.2) is 0 Å². The minimum Gasteiger partial charge on any atom is -0.309 e. The van der Waals surface area contributed by atoms with Crippen molar-refractivity contribution in [2.45, 2.75) is 39.0 Å². The van der Waals surface area contributed by atoms with Crippen LogP contribution in [0.1, 0.15) is 39.0 Å². The van der Waals surface area contributed by atoms with E-state index in [0.717, 1.165) is 17.6 Å². The molecular formula is C11H25BrClN. The Morgan fingerprint density at radius 2 is 1.71 bits per heavy atom. The van der Waals surface area contributed by atoms with Crippen LogP contribution < -0.4 is 0 Å². The molecule has 0 aliphatic carbocycles. The van der Waals surface area contributed by atoms with Crippen LogP contribution in [-0.4, -0.2) is 36.8 Å². The van der Waals surface area contributed by atoms with E-state index in [0.29, 0.717) is 0 Å². The number of nitrogens with zero attached hydrogens (tertiary/aromatic N) is 1. The summed E-state index contributed by atoms with van der Waals surface area (Å²) < 4.78 is 0. The van der Waals surface area contributed by atoms with Crippen molar-refractivity contribution in [1.29, 1.82) is 0 Å². The molecule has 0 fully saturated rings. The van der Waals surface area contributed by atoms with Crippen LogP contribution in [0.2, 0.25) is 0 Å². The summed E-state index contributed by atoms with van der Waals surface area (Å²) >= 11 is 8.50. The largest absolute Gasteiger partial charge is 0.309 e. The average molecular weight is 287 g/mol. The van der Waals surface area contributed by atoms with Crippen molar-refractivity contribution in [3.05, 3.63) is 0 Å². The molecule has 0 spiro atoms. The molecule has 0 atom stereocenters. The molecule has 0 aromatic heterocycles. The molecule has 0 radical (unpaired) electrons. The van der Waals surface area contributed by atoms with E-state index in [1.165, 1.54) is 32.2 Å². The topological polar surface area (TPSA) is 3.24 Å². The van der Waals surface area contributed by atoms with Gasteiger partial charge in [0, 0.05) is 11.2 Å². The Bertz CT molecular complexity index is 87.4. The second kappa shape index (κ2) is 16.2. The Labute approximate surface area is 103 Å². The second-order valence-corrected chi connectivity index (χ2v) is 4.77. The fourth-order valence-corrected chi connectivity index (χ4v) is 1.64. The first-order valence-corrected chi connectivity index (χ1v) is 7.11. The van der Waals surface area contributed by atoms with E-state index in [1.807, 2.05) is 0 Å². The highest BCUT2D eigenvalue weighted by Crippen LogP contribution is 1.98. The molecule has 0 N–H and O–H groups in total. The van der Waals surface area contributed by atoms with E-state index in [9.17, 15) is 0 Å².